The highest BCUT2D eigenvalue weighted by atomic mass is 19.4. The molecule has 1 saturated heterocycles. The molecule has 2 N–H and O–H groups in total. The Morgan fingerprint density at radius 2 is 1.71 bits per heavy atom. The first-order valence-corrected chi connectivity index (χ1v) is 14.9. The Kier molecular flexibility index (Phi) is 9.04. The number of halogens is 4. The van der Waals surface area contributed by atoms with Gasteiger partial charge in [-0.15, -0.1) is 0 Å². The maximum Gasteiger partial charge on any atom is 0.417 e. The molecular weight excluding hydrogens is 590 g/mol. The number of aryl methyl sites for hydroxylation is 1. The van der Waals surface area contributed by atoms with E-state index in [0.717, 1.165) is 38.9 Å². The molecule has 2 atom stereocenters. The van der Waals surface area contributed by atoms with Crippen molar-refractivity contribution in [2.75, 3.05) is 24.3 Å². The number of nitrogens with zero attached hydrogens (tertiary/aromatic N) is 1. The predicted octanol–water partition coefficient (Wildman–Crippen LogP) is 7.53. The van der Waals surface area contributed by atoms with Gasteiger partial charge in [-0.05, 0) is 80.1 Å². The fraction of sp³-hybridized carbons (Fsp3) is 0.382. The molecule has 0 bridgehead atoms. The zero-order valence-corrected chi connectivity index (χ0v) is 25.0. The van der Waals surface area contributed by atoms with Gasteiger partial charge in [-0.1, -0.05) is 37.1 Å². The van der Waals surface area contributed by atoms with Gasteiger partial charge in [0, 0.05) is 24.0 Å². The standard InChI is InChI=1S/C34H35F4N3O4/c1-20-7-5-11-28(35)29(20)32(43)41-18-6-10-26(30(41)21-12-14-23(15-13-21)39-22-8-3-4-9-22)31(42)40-24-16-17-25(33(44)45-2)27(19-24)34(36,37)38/h5,7,11-17,19,22,26,30,39H,3-4,6,8-10,18H2,1-2H3,(H,40,42)/t26-,30-/m0/s1/i14D. The number of methoxy groups -OCH3 is 1. The van der Waals surface area contributed by atoms with E-state index in [4.69, 9.17) is 1.37 Å². The van der Waals surface area contributed by atoms with Crippen LogP contribution in [0.15, 0.2) is 60.6 Å². The number of hydrogen-bond donors (Lipinski definition) is 2. The molecule has 2 fully saturated rings. The van der Waals surface area contributed by atoms with Gasteiger partial charge in [0.2, 0.25) is 5.91 Å². The van der Waals surface area contributed by atoms with Crippen LogP contribution in [0.1, 0.15) is 83.3 Å². The van der Waals surface area contributed by atoms with Gasteiger partial charge in [0.25, 0.3) is 5.91 Å². The van der Waals surface area contributed by atoms with Gasteiger partial charge in [0.05, 0.1) is 37.1 Å². The summed E-state index contributed by atoms with van der Waals surface area (Å²) in [6.45, 7) is 1.81. The van der Waals surface area contributed by atoms with E-state index in [-0.39, 0.29) is 36.3 Å². The molecule has 0 aromatic heterocycles. The number of ether oxygens (including phenoxy) is 1. The van der Waals surface area contributed by atoms with Crippen molar-refractivity contribution in [1.29, 1.82) is 0 Å². The number of carbonyl (C=O) groups excluding carboxylic acids is 3. The third kappa shape index (κ3) is 6.97. The largest absolute Gasteiger partial charge is 0.465 e. The summed E-state index contributed by atoms with van der Waals surface area (Å²) < 4.78 is 69.8. The van der Waals surface area contributed by atoms with Crippen LogP contribution in [0.3, 0.4) is 0 Å². The van der Waals surface area contributed by atoms with Crippen LogP contribution in [-0.4, -0.2) is 42.4 Å². The maximum absolute atomic E-state index is 15.0. The lowest BCUT2D eigenvalue weighted by atomic mass is 9.83. The van der Waals surface area contributed by atoms with Gasteiger partial charge in [-0.3, -0.25) is 9.59 Å². The van der Waals surface area contributed by atoms with E-state index in [2.05, 4.69) is 15.4 Å². The van der Waals surface area contributed by atoms with Crippen LogP contribution < -0.4 is 10.6 Å². The molecule has 0 spiro atoms. The van der Waals surface area contributed by atoms with Gasteiger partial charge in [0.15, 0.2) is 0 Å². The highest BCUT2D eigenvalue weighted by molar-refractivity contribution is 5.98. The van der Waals surface area contributed by atoms with E-state index in [9.17, 15) is 31.9 Å². The van der Waals surface area contributed by atoms with Crippen LogP contribution in [-0.2, 0) is 15.7 Å². The van der Waals surface area contributed by atoms with E-state index in [1.165, 1.54) is 23.1 Å². The molecule has 1 heterocycles. The molecule has 238 valence electrons. The number of esters is 1. The van der Waals surface area contributed by atoms with Crippen molar-refractivity contribution in [1.82, 2.24) is 4.90 Å². The quantitative estimate of drug-likeness (QED) is 0.209. The summed E-state index contributed by atoms with van der Waals surface area (Å²) in [5, 5.41) is 5.94. The number of amides is 2. The summed E-state index contributed by atoms with van der Waals surface area (Å²) in [6.07, 6.45) is -0.0672. The van der Waals surface area contributed by atoms with Gasteiger partial charge < -0.3 is 20.3 Å². The average Bonchev–Trinajstić information content (AvgIpc) is 3.54. The predicted molar refractivity (Wildman–Crippen MR) is 161 cm³/mol. The Bertz CT molecular complexity index is 1620. The van der Waals surface area contributed by atoms with Crippen LogP contribution in [0.2, 0.25) is 0 Å². The minimum absolute atomic E-state index is 0.132. The Hall–Kier alpha value is -4.41. The molecule has 2 amide bonds. The van der Waals surface area contributed by atoms with E-state index in [1.54, 1.807) is 31.2 Å². The molecule has 1 saturated carbocycles. The Balaban J connectivity index is 1.51. The summed E-state index contributed by atoms with van der Waals surface area (Å²) in [6, 6.07) is 11.6. The minimum Gasteiger partial charge on any atom is -0.465 e. The van der Waals surface area contributed by atoms with E-state index in [0.29, 0.717) is 29.3 Å². The number of anilines is 2. The van der Waals surface area contributed by atoms with Crippen molar-refractivity contribution >= 4 is 29.2 Å². The lowest BCUT2D eigenvalue weighted by Crippen LogP contribution is -2.46. The van der Waals surface area contributed by atoms with Crippen molar-refractivity contribution in [2.24, 2.45) is 5.92 Å². The number of nitrogens with one attached hydrogen (secondary N) is 2. The van der Waals surface area contributed by atoms with Crippen LogP contribution in [0.5, 0.6) is 0 Å². The number of hydrogen-bond acceptors (Lipinski definition) is 5. The van der Waals surface area contributed by atoms with Crippen molar-refractivity contribution < 1.29 is 38.1 Å². The first-order chi connectivity index (χ1) is 21.9. The van der Waals surface area contributed by atoms with Crippen LogP contribution in [0, 0.1) is 18.7 Å². The Morgan fingerprint density at radius 1 is 0.978 bits per heavy atom. The zero-order valence-electron chi connectivity index (χ0n) is 26.0. The number of benzene rings is 3. The van der Waals surface area contributed by atoms with Gasteiger partial charge >= 0.3 is 12.1 Å². The molecule has 2 aliphatic rings. The molecule has 0 radical (unpaired) electrons. The lowest BCUT2D eigenvalue weighted by Gasteiger charge is -2.41. The minimum atomic E-state index is -4.91. The SMILES string of the molecule is [2H]c1cc([C@H]2[C@@H](C(=O)Nc3ccc(C(=O)OC)c(C(F)(F)F)c3)CCCN2C(=O)c2c(C)cccc2F)ccc1NC1CCCC1. The number of rotatable bonds is 7. The molecule has 45 heavy (non-hydrogen) atoms. The molecule has 7 nitrogen and oxygen atoms in total. The third-order valence-electron chi connectivity index (χ3n) is 8.56. The first kappa shape index (κ1) is 30.6. The summed E-state index contributed by atoms with van der Waals surface area (Å²) in [5.74, 6) is -4.12. The first-order valence-electron chi connectivity index (χ1n) is 15.4. The monoisotopic (exact) mass is 626 g/mol. The normalized spacial score (nSPS) is 19.2. The van der Waals surface area contributed by atoms with Crippen molar-refractivity contribution in [3.05, 3.63) is 94.3 Å². The number of carbonyl (C=O) groups is 3. The summed E-state index contributed by atoms with van der Waals surface area (Å²) in [4.78, 5) is 41.2. The molecule has 1 aliphatic heterocycles. The smallest absolute Gasteiger partial charge is 0.417 e. The Labute approximate surface area is 260 Å². The zero-order chi connectivity index (χ0) is 33.2. The second-order valence-electron chi connectivity index (χ2n) is 11.5. The number of alkyl halides is 3. The van der Waals surface area contributed by atoms with Crippen LogP contribution in [0.25, 0.3) is 0 Å². The topological polar surface area (TPSA) is 87.7 Å². The molecule has 11 heteroatoms. The molecule has 0 unspecified atom stereocenters. The van der Waals surface area contributed by atoms with E-state index in [1.807, 2.05) is 0 Å². The van der Waals surface area contributed by atoms with Crippen molar-refractivity contribution in [3.8, 4) is 0 Å². The van der Waals surface area contributed by atoms with Gasteiger partial charge in [-0.25, -0.2) is 9.18 Å². The van der Waals surface area contributed by atoms with E-state index < -0.39 is 52.9 Å². The van der Waals surface area contributed by atoms with Crippen molar-refractivity contribution in [2.45, 2.75) is 63.7 Å². The fourth-order valence-electron chi connectivity index (χ4n) is 6.34. The number of likely N-dealkylation sites (tertiary alicyclic amines) is 1. The van der Waals surface area contributed by atoms with Crippen LogP contribution in [0.4, 0.5) is 28.9 Å². The van der Waals surface area contributed by atoms with E-state index >= 15 is 0 Å². The summed E-state index contributed by atoms with van der Waals surface area (Å²) in [5.41, 5.74) is -0.801. The maximum atomic E-state index is 15.0. The average molecular weight is 627 g/mol. The molecule has 1 aliphatic carbocycles. The highest BCUT2D eigenvalue weighted by Gasteiger charge is 2.41. The van der Waals surface area contributed by atoms with Gasteiger partial charge in [-0.2, -0.15) is 13.2 Å². The molecular formula is C34H35F4N3O4. The molecule has 3 aromatic carbocycles. The van der Waals surface area contributed by atoms with Crippen molar-refractivity contribution in [3.63, 3.8) is 0 Å². The summed E-state index contributed by atoms with van der Waals surface area (Å²) >= 11 is 0. The second-order valence-corrected chi connectivity index (χ2v) is 11.5. The van der Waals surface area contributed by atoms with Gasteiger partial charge in [0.1, 0.15) is 5.82 Å². The highest BCUT2D eigenvalue weighted by Crippen LogP contribution is 2.40. The molecule has 3 aromatic rings. The van der Waals surface area contributed by atoms with Crippen LogP contribution >= 0.6 is 0 Å². The second kappa shape index (κ2) is 13.3. The molecule has 5 rings (SSSR count). The number of piperidine rings is 1. The fourth-order valence-corrected chi connectivity index (χ4v) is 6.34. The summed E-state index contributed by atoms with van der Waals surface area (Å²) in [7, 11) is 0.969. The Morgan fingerprint density at radius 3 is 2.38 bits per heavy atom. The third-order valence-corrected chi connectivity index (χ3v) is 8.56. The lowest BCUT2D eigenvalue weighted by molar-refractivity contribution is -0.138.